The van der Waals surface area contributed by atoms with Crippen molar-refractivity contribution in [2.75, 3.05) is 18.6 Å². The van der Waals surface area contributed by atoms with Crippen molar-refractivity contribution >= 4 is 26.8 Å². The monoisotopic (exact) mass is 295 g/mol. The van der Waals surface area contributed by atoms with Crippen molar-refractivity contribution in [2.24, 2.45) is 0 Å². The molecule has 0 aliphatic heterocycles. The third kappa shape index (κ3) is 4.55. The lowest BCUT2D eigenvalue weighted by molar-refractivity contribution is -0.137. The van der Waals surface area contributed by atoms with E-state index in [0.717, 1.165) is 17.1 Å². The minimum absolute atomic E-state index is 0.0511. The lowest BCUT2D eigenvalue weighted by atomic mass is 10.6. The summed E-state index contributed by atoms with van der Waals surface area (Å²) in [5.41, 5.74) is 0. The summed E-state index contributed by atoms with van der Waals surface area (Å²) in [6.45, 7) is -0.357. The summed E-state index contributed by atoms with van der Waals surface area (Å²) < 4.78 is 37.5. The summed E-state index contributed by atoms with van der Waals surface area (Å²) in [7, 11) is -4.82. The maximum atomic E-state index is 11.7. The number of carbonyl (C=O) groups is 1. The fraction of sp³-hybridized carbons (Fsp3) is 0.500. The Kier molecular flexibility index (Phi) is 4.99. The molecule has 0 fully saturated rings. The standard InChI is InChI=1S/C8H13N3O5S2/c1-17(14)3-2-10-18(15,16)7-4-9-11(5-7)6-8(12)13/h4-5,10H,2-3,6H2,1H3,(H,12,13). The van der Waals surface area contributed by atoms with Crippen molar-refractivity contribution in [3.63, 3.8) is 0 Å². The average molecular weight is 295 g/mol. The Morgan fingerprint density at radius 3 is 2.83 bits per heavy atom. The van der Waals surface area contributed by atoms with Gasteiger partial charge in [-0.15, -0.1) is 0 Å². The molecule has 1 aromatic heterocycles. The number of hydrogen-bond acceptors (Lipinski definition) is 5. The first-order valence-electron chi connectivity index (χ1n) is 4.85. The minimum atomic E-state index is -3.73. The Morgan fingerprint density at radius 1 is 1.61 bits per heavy atom. The second-order valence-electron chi connectivity index (χ2n) is 3.44. The Bertz CT molecular complexity index is 551. The number of aromatic nitrogens is 2. The summed E-state index contributed by atoms with van der Waals surface area (Å²) in [6.07, 6.45) is 3.66. The van der Waals surface area contributed by atoms with Crippen LogP contribution < -0.4 is 4.72 Å². The lowest BCUT2D eigenvalue weighted by Crippen LogP contribution is -2.27. The molecule has 0 saturated carbocycles. The molecule has 1 unspecified atom stereocenters. The molecule has 1 heterocycles. The van der Waals surface area contributed by atoms with Gasteiger partial charge in [-0.3, -0.25) is 13.7 Å². The van der Waals surface area contributed by atoms with Crippen molar-refractivity contribution in [1.29, 1.82) is 0 Å². The molecule has 8 nitrogen and oxygen atoms in total. The average Bonchev–Trinajstić information content (AvgIpc) is 2.64. The van der Waals surface area contributed by atoms with E-state index in [9.17, 15) is 17.4 Å². The van der Waals surface area contributed by atoms with E-state index in [1.807, 2.05) is 0 Å². The van der Waals surface area contributed by atoms with E-state index in [2.05, 4.69) is 9.82 Å². The van der Waals surface area contributed by atoms with Gasteiger partial charge in [0.05, 0.1) is 6.20 Å². The van der Waals surface area contributed by atoms with Gasteiger partial charge in [-0.2, -0.15) is 5.10 Å². The van der Waals surface area contributed by atoms with Gasteiger partial charge in [-0.05, 0) is 0 Å². The first-order chi connectivity index (χ1) is 8.31. The maximum absolute atomic E-state index is 11.7. The van der Waals surface area contributed by atoms with Crippen LogP contribution >= 0.6 is 0 Å². The van der Waals surface area contributed by atoms with Crippen LogP contribution in [-0.4, -0.2) is 52.0 Å². The normalized spacial score (nSPS) is 13.4. The topological polar surface area (TPSA) is 118 Å². The lowest BCUT2D eigenvalue weighted by Gasteiger charge is -2.02. The van der Waals surface area contributed by atoms with Gasteiger partial charge in [0.15, 0.2) is 0 Å². The predicted molar refractivity (Wildman–Crippen MR) is 64.0 cm³/mol. The number of carboxylic acids is 1. The third-order valence-corrected chi connectivity index (χ3v) is 4.09. The highest BCUT2D eigenvalue weighted by atomic mass is 32.2. The molecule has 1 atom stereocenters. The molecular formula is C8H13N3O5S2. The van der Waals surface area contributed by atoms with Gasteiger partial charge in [0.25, 0.3) is 0 Å². The van der Waals surface area contributed by atoms with E-state index in [1.54, 1.807) is 0 Å². The zero-order valence-electron chi connectivity index (χ0n) is 9.57. The van der Waals surface area contributed by atoms with Crippen molar-refractivity contribution < 1.29 is 22.5 Å². The maximum Gasteiger partial charge on any atom is 0.325 e. The summed E-state index contributed by atoms with van der Waals surface area (Å²) >= 11 is 0. The number of aliphatic carboxylic acids is 1. The summed E-state index contributed by atoms with van der Waals surface area (Å²) in [4.78, 5) is 10.3. The van der Waals surface area contributed by atoms with Crippen LogP contribution in [0.1, 0.15) is 0 Å². The molecular weight excluding hydrogens is 282 g/mol. The second-order valence-corrected chi connectivity index (χ2v) is 6.76. The molecule has 1 aromatic rings. The van der Waals surface area contributed by atoms with Gasteiger partial charge >= 0.3 is 5.97 Å². The molecule has 0 aromatic carbocycles. The Balaban J connectivity index is 2.70. The zero-order chi connectivity index (χ0) is 13.8. The number of sulfonamides is 1. The van der Waals surface area contributed by atoms with E-state index in [-0.39, 0.29) is 17.2 Å². The quantitative estimate of drug-likeness (QED) is 0.640. The summed E-state index contributed by atoms with van der Waals surface area (Å²) in [5, 5.41) is 12.1. The second kappa shape index (κ2) is 6.07. The highest BCUT2D eigenvalue weighted by Gasteiger charge is 2.16. The van der Waals surface area contributed by atoms with Crippen LogP contribution in [0.4, 0.5) is 0 Å². The Labute approximate surface area is 107 Å². The highest BCUT2D eigenvalue weighted by Crippen LogP contribution is 2.06. The number of hydrogen-bond donors (Lipinski definition) is 2. The smallest absolute Gasteiger partial charge is 0.325 e. The van der Waals surface area contributed by atoms with Crippen LogP contribution in [0.25, 0.3) is 0 Å². The van der Waals surface area contributed by atoms with E-state index in [4.69, 9.17) is 5.11 Å². The molecule has 0 bridgehead atoms. The van der Waals surface area contributed by atoms with Gasteiger partial charge in [-0.1, -0.05) is 0 Å². The summed E-state index contributed by atoms with van der Waals surface area (Å²) in [5.74, 6) is -0.904. The molecule has 0 aliphatic rings. The largest absolute Gasteiger partial charge is 0.480 e. The fourth-order valence-corrected chi connectivity index (χ4v) is 2.61. The van der Waals surface area contributed by atoms with Crippen LogP contribution in [-0.2, 0) is 32.2 Å². The van der Waals surface area contributed by atoms with E-state index in [0.29, 0.717) is 0 Å². The van der Waals surface area contributed by atoms with Gasteiger partial charge in [-0.25, -0.2) is 13.1 Å². The molecule has 1 rings (SSSR count). The minimum Gasteiger partial charge on any atom is -0.480 e. The van der Waals surface area contributed by atoms with Crippen molar-refractivity contribution in [3.8, 4) is 0 Å². The molecule has 0 aliphatic carbocycles. The van der Waals surface area contributed by atoms with Crippen LogP contribution in [0, 0.1) is 0 Å². The van der Waals surface area contributed by atoms with Gasteiger partial charge in [0.2, 0.25) is 10.0 Å². The van der Waals surface area contributed by atoms with Gasteiger partial charge in [0, 0.05) is 35.5 Å². The molecule has 0 spiro atoms. The Hall–Kier alpha value is -1.26. The van der Waals surface area contributed by atoms with Crippen LogP contribution in [0.2, 0.25) is 0 Å². The number of nitrogens with zero attached hydrogens (tertiary/aromatic N) is 2. The zero-order valence-corrected chi connectivity index (χ0v) is 11.2. The molecule has 0 radical (unpaired) electrons. The van der Waals surface area contributed by atoms with Gasteiger partial charge < -0.3 is 5.11 Å². The first kappa shape index (κ1) is 14.8. The molecule has 0 amide bonds. The third-order valence-electron chi connectivity index (χ3n) is 1.90. The van der Waals surface area contributed by atoms with E-state index >= 15 is 0 Å². The molecule has 18 heavy (non-hydrogen) atoms. The molecule has 0 saturated heterocycles. The van der Waals surface area contributed by atoms with Crippen molar-refractivity contribution in [2.45, 2.75) is 11.4 Å². The van der Waals surface area contributed by atoms with Crippen LogP contribution in [0.5, 0.6) is 0 Å². The predicted octanol–water partition coefficient (Wildman–Crippen LogP) is -1.38. The molecule has 102 valence electrons. The van der Waals surface area contributed by atoms with E-state index in [1.165, 1.54) is 6.26 Å². The van der Waals surface area contributed by atoms with Crippen LogP contribution in [0.3, 0.4) is 0 Å². The van der Waals surface area contributed by atoms with E-state index < -0.39 is 33.3 Å². The SMILES string of the molecule is CS(=O)CCNS(=O)(=O)c1cnn(CC(=O)O)c1. The fourth-order valence-electron chi connectivity index (χ4n) is 1.11. The first-order valence-corrected chi connectivity index (χ1v) is 8.06. The molecule has 10 heteroatoms. The number of nitrogens with one attached hydrogen (secondary N) is 1. The molecule has 2 N–H and O–H groups in total. The number of carboxylic acid groups (broad SMARTS) is 1. The Morgan fingerprint density at radius 2 is 2.28 bits per heavy atom. The highest BCUT2D eigenvalue weighted by molar-refractivity contribution is 7.89. The van der Waals surface area contributed by atoms with Crippen LogP contribution in [0.15, 0.2) is 17.3 Å². The number of rotatable bonds is 7. The van der Waals surface area contributed by atoms with Crippen molar-refractivity contribution in [1.82, 2.24) is 14.5 Å². The van der Waals surface area contributed by atoms with Crippen molar-refractivity contribution in [3.05, 3.63) is 12.4 Å². The van der Waals surface area contributed by atoms with Gasteiger partial charge in [0.1, 0.15) is 11.4 Å². The summed E-state index contributed by atoms with van der Waals surface area (Å²) in [6, 6.07) is 0.